The van der Waals surface area contributed by atoms with E-state index >= 15 is 0 Å². The molecule has 3 atom stereocenters. The Morgan fingerprint density at radius 3 is 2.54 bits per heavy atom. The zero-order valence-electron chi connectivity index (χ0n) is 23.8. The molecule has 3 unspecified atom stereocenters. The second kappa shape index (κ2) is 12.3. The Kier molecular flexibility index (Phi) is 8.76. The van der Waals surface area contributed by atoms with Crippen LogP contribution in [0.4, 0.5) is 0 Å². The van der Waals surface area contributed by atoms with E-state index in [4.69, 9.17) is 0 Å². The van der Waals surface area contributed by atoms with Crippen LogP contribution in [0.3, 0.4) is 0 Å². The van der Waals surface area contributed by atoms with Crippen LogP contribution in [0.25, 0.3) is 0 Å². The van der Waals surface area contributed by atoms with Crippen LogP contribution in [0.5, 0.6) is 0 Å². The molecule has 39 heavy (non-hydrogen) atoms. The van der Waals surface area contributed by atoms with Crippen LogP contribution in [-0.4, -0.2) is 40.7 Å². The number of piperidine rings is 1. The zero-order chi connectivity index (χ0) is 27.4. The number of hydrogen-bond donors (Lipinski definition) is 2. The second-order valence-corrected chi connectivity index (χ2v) is 13.0. The Labute approximate surface area is 234 Å². The number of carbonyl (C=O) groups excluding carboxylic acids is 3. The molecule has 0 radical (unpaired) electrons. The van der Waals surface area contributed by atoms with E-state index in [1.54, 1.807) is 4.90 Å². The Bertz CT molecular complexity index is 1130. The van der Waals surface area contributed by atoms with Crippen molar-refractivity contribution in [2.24, 2.45) is 17.8 Å². The van der Waals surface area contributed by atoms with Gasteiger partial charge in [0.2, 0.25) is 11.8 Å². The molecule has 1 aromatic carbocycles. The molecule has 4 aliphatic rings. The summed E-state index contributed by atoms with van der Waals surface area (Å²) in [4.78, 5) is 38.4. The van der Waals surface area contributed by atoms with Crippen molar-refractivity contribution in [3.63, 3.8) is 0 Å². The molecule has 2 heterocycles. The third-order valence-electron chi connectivity index (χ3n) is 9.45. The normalized spacial score (nSPS) is 30.0. The number of benzene rings is 1. The predicted octanol–water partition coefficient (Wildman–Crippen LogP) is 5.33. The quantitative estimate of drug-likeness (QED) is 0.256. The molecule has 6 heteroatoms. The Hall–Kier alpha value is -2.65. The molecule has 3 fully saturated rings. The van der Waals surface area contributed by atoms with Gasteiger partial charge in [0, 0.05) is 36.1 Å². The zero-order valence-corrected chi connectivity index (χ0v) is 23.8. The van der Waals surface area contributed by atoms with Crippen molar-refractivity contribution in [2.45, 2.75) is 115 Å². The van der Waals surface area contributed by atoms with E-state index in [-0.39, 0.29) is 24.1 Å². The van der Waals surface area contributed by atoms with Crippen LogP contribution in [0.15, 0.2) is 18.2 Å². The summed E-state index contributed by atoms with van der Waals surface area (Å²) in [5, 5.41) is 6.30. The van der Waals surface area contributed by atoms with Gasteiger partial charge in [-0.15, -0.1) is 0 Å². The number of fused-ring (bicyclic) bond motifs is 3. The summed E-state index contributed by atoms with van der Waals surface area (Å²) in [5.41, 5.74) is 2.75. The fourth-order valence-electron chi connectivity index (χ4n) is 7.85. The maximum absolute atomic E-state index is 13.0. The van der Waals surface area contributed by atoms with Crippen molar-refractivity contribution in [3.8, 4) is 11.8 Å². The van der Waals surface area contributed by atoms with E-state index in [0.717, 1.165) is 48.3 Å². The Morgan fingerprint density at radius 2 is 1.77 bits per heavy atom. The molecule has 2 N–H and O–H groups in total. The minimum absolute atomic E-state index is 0.146. The van der Waals surface area contributed by atoms with E-state index in [1.165, 1.54) is 57.8 Å². The molecule has 1 aromatic rings. The number of nitrogens with one attached hydrogen (secondary N) is 2. The summed E-state index contributed by atoms with van der Waals surface area (Å²) < 4.78 is 0. The molecule has 2 bridgehead atoms. The van der Waals surface area contributed by atoms with Crippen LogP contribution < -0.4 is 10.6 Å². The molecule has 210 valence electrons. The van der Waals surface area contributed by atoms with Gasteiger partial charge in [0.25, 0.3) is 5.91 Å². The molecule has 2 aliphatic carbocycles. The van der Waals surface area contributed by atoms with E-state index in [0.29, 0.717) is 24.1 Å². The predicted molar refractivity (Wildman–Crippen MR) is 153 cm³/mol. The van der Waals surface area contributed by atoms with Gasteiger partial charge >= 0.3 is 0 Å². The van der Waals surface area contributed by atoms with Gasteiger partial charge in [0.15, 0.2) is 0 Å². The highest BCUT2D eigenvalue weighted by molar-refractivity contribution is 6.05. The van der Waals surface area contributed by atoms with E-state index in [1.807, 2.05) is 18.2 Å². The molecule has 5 rings (SSSR count). The average Bonchev–Trinajstić information content (AvgIpc) is 3.21. The first kappa shape index (κ1) is 27.9. The molecule has 0 spiro atoms. The number of carbonyl (C=O) groups is 3. The highest BCUT2D eigenvalue weighted by atomic mass is 16.2. The number of imide groups is 1. The topological polar surface area (TPSA) is 78.5 Å². The van der Waals surface area contributed by atoms with E-state index in [9.17, 15) is 14.4 Å². The summed E-state index contributed by atoms with van der Waals surface area (Å²) >= 11 is 0. The first-order valence-corrected chi connectivity index (χ1v) is 15.3. The van der Waals surface area contributed by atoms with Crippen molar-refractivity contribution in [3.05, 3.63) is 34.9 Å². The van der Waals surface area contributed by atoms with E-state index in [2.05, 4.69) is 36.3 Å². The summed E-state index contributed by atoms with van der Waals surface area (Å²) in [6.07, 6.45) is 14.6. The lowest BCUT2D eigenvalue weighted by molar-refractivity contribution is -0.136. The van der Waals surface area contributed by atoms with Crippen LogP contribution in [0, 0.1) is 29.6 Å². The summed E-state index contributed by atoms with van der Waals surface area (Å²) in [6.45, 7) is 6.42. The summed E-state index contributed by atoms with van der Waals surface area (Å²) in [6, 6.07) is 5.04. The maximum atomic E-state index is 13.0. The first-order valence-electron chi connectivity index (χ1n) is 15.3. The monoisotopic (exact) mass is 531 g/mol. The lowest BCUT2D eigenvalue weighted by atomic mass is 9.62. The minimum Gasteiger partial charge on any atom is -0.322 e. The molecule has 6 nitrogen and oxygen atoms in total. The van der Waals surface area contributed by atoms with Gasteiger partial charge in [0.05, 0.1) is 0 Å². The lowest BCUT2D eigenvalue weighted by Gasteiger charge is -2.47. The van der Waals surface area contributed by atoms with Crippen molar-refractivity contribution >= 4 is 17.7 Å². The first-order chi connectivity index (χ1) is 18.8. The van der Waals surface area contributed by atoms with Crippen LogP contribution in [0.1, 0.15) is 119 Å². The second-order valence-electron chi connectivity index (χ2n) is 13.0. The van der Waals surface area contributed by atoms with Crippen LogP contribution in [-0.2, 0) is 16.1 Å². The van der Waals surface area contributed by atoms with Gasteiger partial charge in [-0.05, 0) is 100 Å². The molecule has 2 saturated carbocycles. The molecular formula is C33H45N3O3. The van der Waals surface area contributed by atoms with Gasteiger partial charge in [0.1, 0.15) is 6.04 Å². The highest BCUT2D eigenvalue weighted by Gasteiger charge is 2.41. The smallest absolute Gasteiger partial charge is 0.255 e. The maximum Gasteiger partial charge on any atom is 0.255 e. The number of hydrogen-bond acceptors (Lipinski definition) is 4. The largest absolute Gasteiger partial charge is 0.322 e. The van der Waals surface area contributed by atoms with Crippen molar-refractivity contribution in [1.82, 2.24) is 15.5 Å². The molecule has 1 saturated heterocycles. The number of nitrogens with zero attached hydrogens (tertiary/aromatic N) is 1. The third kappa shape index (κ3) is 6.74. The van der Waals surface area contributed by atoms with Crippen LogP contribution >= 0.6 is 0 Å². The number of rotatable bonds is 9. The number of amides is 3. The Balaban J connectivity index is 1.00. The highest BCUT2D eigenvalue weighted by Crippen LogP contribution is 2.46. The molecule has 3 amide bonds. The van der Waals surface area contributed by atoms with Crippen molar-refractivity contribution in [1.29, 1.82) is 0 Å². The van der Waals surface area contributed by atoms with Gasteiger partial charge in [-0.25, -0.2) is 0 Å². The summed E-state index contributed by atoms with van der Waals surface area (Å²) in [7, 11) is 0. The van der Waals surface area contributed by atoms with E-state index < -0.39 is 6.04 Å². The lowest BCUT2D eigenvalue weighted by Crippen LogP contribution is -2.52. The van der Waals surface area contributed by atoms with Crippen molar-refractivity contribution in [2.75, 3.05) is 6.54 Å². The molecule has 2 aliphatic heterocycles. The van der Waals surface area contributed by atoms with Gasteiger partial charge < -0.3 is 10.2 Å². The van der Waals surface area contributed by atoms with Gasteiger partial charge in [-0.1, -0.05) is 44.1 Å². The van der Waals surface area contributed by atoms with Gasteiger partial charge in [-0.2, -0.15) is 0 Å². The van der Waals surface area contributed by atoms with Crippen LogP contribution in [0.2, 0.25) is 0 Å². The fraction of sp³-hybridized carbons (Fsp3) is 0.667. The van der Waals surface area contributed by atoms with Gasteiger partial charge in [-0.3, -0.25) is 19.7 Å². The molecule has 0 aromatic heterocycles. The third-order valence-corrected chi connectivity index (χ3v) is 9.45. The average molecular weight is 532 g/mol. The number of unbranched alkanes of at least 4 members (excludes halogenated alkanes) is 5. The Morgan fingerprint density at radius 1 is 1.03 bits per heavy atom. The standard InChI is InChI=1S/C33H45N3O3/c1-23-17-24-19-25(18-23)21-33(2,20-24)34-16-9-7-5-3-4-6-8-11-26-12-10-13-27-28(26)22-36(32(27)39)29-14-15-30(37)35-31(29)38/h10,12-13,23-25,29,34H,3-7,9,14-22H2,1-2H3,(H,35,37,38). The van der Waals surface area contributed by atoms with Crippen molar-refractivity contribution < 1.29 is 14.4 Å². The summed E-state index contributed by atoms with van der Waals surface area (Å²) in [5.74, 6) is 8.60. The minimum atomic E-state index is -0.590. The fourth-order valence-corrected chi connectivity index (χ4v) is 7.85. The molecular weight excluding hydrogens is 486 g/mol. The SMILES string of the molecule is CC1CC2CC(C1)CC(C)(NCCCCCCCC#Cc1cccc3c1CN(C1CCC(=O)NC1=O)C3=O)C2.